The minimum atomic E-state index is -4.56. The third-order valence-corrected chi connectivity index (χ3v) is 5.76. The van der Waals surface area contributed by atoms with Crippen LogP contribution in [0.4, 0.5) is 18.3 Å². The van der Waals surface area contributed by atoms with E-state index in [0.717, 1.165) is 31.9 Å². The van der Waals surface area contributed by atoms with Crippen molar-refractivity contribution in [3.8, 4) is 0 Å². The molecule has 0 unspecified atom stereocenters. The molecule has 4 aromatic rings. The van der Waals surface area contributed by atoms with Gasteiger partial charge in [0.25, 0.3) is 5.91 Å². The van der Waals surface area contributed by atoms with E-state index < -0.39 is 17.6 Å². The molecule has 1 amide bonds. The lowest BCUT2D eigenvalue weighted by Gasteiger charge is -2.15. The lowest BCUT2D eigenvalue weighted by atomic mass is 10.1. The highest BCUT2D eigenvalue weighted by atomic mass is 79.9. The summed E-state index contributed by atoms with van der Waals surface area (Å²) in [6.07, 6.45) is -3.09. The summed E-state index contributed by atoms with van der Waals surface area (Å²) in [6.45, 7) is 0. The number of hydrazone groups is 1. The summed E-state index contributed by atoms with van der Waals surface area (Å²) in [5.74, 6) is -0.712. The molecule has 0 radical (unpaired) electrons. The highest BCUT2D eigenvalue weighted by Crippen LogP contribution is 2.33. The highest BCUT2D eigenvalue weighted by molar-refractivity contribution is 9.10. The molecule has 0 spiro atoms. The third-order valence-electron chi connectivity index (χ3n) is 4.27. The van der Waals surface area contributed by atoms with Crippen LogP contribution in [0.2, 0.25) is 0 Å². The number of alkyl halides is 3. The molecule has 0 fully saturated rings. The molecule has 156 valence electrons. The van der Waals surface area contributed by atoms with Gasteiger partial charge in [-0.15, -0.1) is 0 Å². The Kier molecular flexibility index (Phi) is 5.88. The lowest BCUT2D eigenvalue weighted by molar-refractivity contribution is -0.137. The summed E-state index contributed by atoms with van der Waals surface area (Å²) in [7, 11) is 0. The first-order valence-corrected chi connectivity index (χ1v) is 10.6. The van der Waals surface area contributed by atoms with Crippen molar-refractivity contribution in [3.63, 3.8) is 0 Å². The second-order valence-corrected chi connectivity index (χ2v) is 8.38. The number of anilines is 1. The molecule has 3 aromatic carbocycles. The predicted octanol–water partition coefficient (Wildman–Crippen LogP) is 6.76. The van der Waals surface area contributed by atoms with Crippen LogP contribution < -0.4 is 5.01 Å². The van der Waals surface area contributed by atoms with E-state index in [0.29, 0.717) is 5.52 Å². The Morgan fingerprint density at radius 3 is 2.55 bits per heavy atom. The van der Waals surface area contributed by atoms with Gasteiger partial charge >= 0.3 is 6.18 Å². The number of rotatable bonds is 4. The number of nitrogens with zero attached hydrogens (tertiary/aromatic N) is 3. The van der Waals surface area contributed by atoms with Crippen molar-refractivity contribution < 1.29 is 18.0 Å². The fourth-order valence-corrected chi connectivity index (χ4v) is 4.25. The number of hydrogen-bond donors (Lipinski definition) is 0. The summed E-state index contributed by atoms with van der Waals surface area (Å²) in [5.41, 5.74) is 0.340. The Morgan fingerprint density at radius 2 is 1.81 bits per heavy atom. The zero-order valence-electron chi connectivity index (χ0n) is 15.7. The van der Waals surface area contributed by atoms with Crippen molar-refractivity contribution in [3.05, 3.63) is 94.0 Å². The van der Waals surface area contributed by atoms with E-state index in [-0.39, 0.29) is 10.7 Å². The van der Waals surface area contributed by atoms with Crippen molar-refractivity contribution in [1.29, 1.82) is 0 Å². The molecule has 0 saturated heterocycles. The monoisotopic (exact) mass is 503 g/mol. The first kappa shape index (κ1) is 21.2. The highest BCUT2D eigenvalue weighted by Gasteiger charge is 2.31. The third kappa shape index (κ3) is 4.83. The maximum atomic E-state index is 13.2. The van der Waals surface area contributed by atoms with E-state index in [1.165, 1.54) is 29.7 Å². The summed E-state index contributed by atoms with van der Waals surface area (Å²) in [5, 5.41) is 5.55. The van der Waals surface area contributed by atoms with Gasteiger partial charge in [-0.3, -0.25) is 4.79 Å². The maximum Gasteiger partial charge on any atom is 0.416 e. The number of aromatic nitrogens is 1. The Labute approximate surface area is 187 Å². The average Bonchev–Trinajstić information content (AvgIpc) is 3.16. The van der Waals surface area contributed by atoms with Crippen molar-refractivity contribution in [2.45, 2.75) is 6.18 Å². The molecule has 4 rings (SSSR count). The number of benzene rings is 3. The zero-order chi connectivity index (χ0) is 22.0. The van der Waals surface area contributed by atoms with Crippen LogP contribution >= 0.6 is 27.3 Å². The van der Waals surface area contributed by atoms with Crippen LogP contribution in [0.5, 0.6) is 0 Å². The van der Waals surface area contributed by atoms with Crippen molar-refractivity contribution >= 4 is 54.7 Å². The molecule has 1 aromatic heterocycles. The maximum absolute atomic E-state index is 13.2. The Balaban J connectivity index is 1.78. The van der Waals surface area contributed by atoms with E-state index in [4.69, 9.17) is 0 Å². The molecule has 9 heteroatoms. The minimum absolute atomic E-state index is 0.138. The zero-order valence-corrected chi connectivity index (χ0v) is 18.1. The van der Waals surface area contributed by atoms with Crippen molar-refractivity contribution in [2.75, 3.05) is 5.01 Å². The number of carbonyl (C=O) groups excluding carboxylic acids is 1. The normalized spacial score (nSPS) is 11.9. The first-order valence-electron chi connectivity index (χ1n) is 8.98. The summed E-state index contributed by atoms with van der Waals surface area (Å²) >= 11 is 4.61. The van der Waals surface area contributed by atoms with Crippen LogP contribution in [-0.2, 0) is 6.18 Å². The molecule has 4 nitrogen and oxygen atoms in total. The molecular weight excluding hydrogens is 491 g/mol. The van der Waals surface area contributed by atoms with Crippen LogP contribution in [0, 0.1) is 0 Å². The second-order valence-electron chi connectivity index (χ2n) is 6.46. The topological polar surface area (TPSA) is 45.6 Å². The molecule has 0 N–H and O–H groups in total. The molecule has 1 heterocycles. The molecule has 0 saturated carbocycles. The predicted molar refractivity (Wildman–Crippen MR) is 120 cm³/mol. The Hall–Kier alpha value is -3.04. The fourth-order valence-electron chi connectivity index (χ4n) is 2.78. The van der Waals surface area contributed by atoms with Gasteiger partial charge in [0, 0.05) is 10.0 Å². The van der Waals surface area contributed by atoms with Gasteiger partial charge in [0.2, 0.25) is 5.13 Å². The summed E-state index contributed by atoms with van der Waals surface area (Å²) < 4.78 is 41.1. The van der Waals surface area contributed by atoms with Crippen LogP contribution in [0.1, 0.15) is 21.5 Å². The van der Waals surface area contributed by atoms with Gasteiger partial charge in [-0.05, 0) is 42.0 Å². The number of hydrogen-bond acceptors (Lipinski definition) is 4. The fraction of sp³-hybridized carbons (Fsp3) is 0.0455. The van der Waals surface area contributed by atoms with E-state index in [9.17, 15) is 18.0 Å². The molecular formula is C22H13BrF3N3OS. The second kappa shape index (κ2) is 8.60. The number of halogens is 4. The number of carbonyl (C=O) groups is 1. The smallest absolute Gasteiger partial charge is 0.267 e. The van der Waals surface area contributed by atoms with Crippen LogP contribution in [0.25, 0.3) is 10.2 Å². The molecule has 0 aliphatic rings. The quantitative estimate of drug-likeness (QED) is 0.228. The van der Waals surface area contributed by atoms with Crippen molar-refractivity contribution in [1.82, 2.24) is 4.98 Å². The summed E-state index contributed by atoms with van der Waals surface area (Å²) in [6, 6.07) is 18.8. The standard InChI is InChI=1S/C22H13BrF3N3OS/c23-17-9-10-18-19(12-17)31-21(28-18)29(27-13-14-5-2-1-3-6-14)20(30)15-7-4-8-16(11-15)22(24,25)26/h1-13H/b27-13+. The van der Waals surface area contributed by atoms with Crippen LogP contribution in [-0.4, -0.2) is 17.1 Å². The minimum Gasteiger partial charge on any atom is -0.267 e. The van der Waals surface area contributed by atoms with Crippen LogP contribution in [0.3, 0.4) is 0 Å². The van der Waals surface area contributed by atoms with Crippen LogP contribution in [0.15, 0.2) is 82.4 Å². The SMILES string of the molecule is O=C(c1cccc(C(F)(F)F)c1)N(/N=C/c1ccccc1)c1nc2ccc(Br)cc2s1. The molecule has 0 aliphatic carbocycles. The lowest BCUT2D eigenvalue weighted by Crippen LogP contribution is -2.26. The van der Waals surface area contributed by atoms with E-state index in [2.05, 4.69) is 26.0 Å². The number of amides is 1. The number of fused-ring (bicyclic) bond motifs is 1. The van der Waals surface area contributed by atoms with E-state index in [1.54, 1.807) is 18.2 Å². The van der Waals surface area contributed by atoms with E-state index >= 15 is 0 Å². The molecule has 0 bridgehead atoms. The Bertz CT molecular complexity index is 1270. The first-order chi connectivity index (χ1) is 14.8. The van der Waals surface area contributed by atoms with Gasteiger partial charge in [0.15, 0.2) is 0 Å². The van der Waals surface area contributed by atoms with Gasteiger partial charge in [-0.2, -0.15) is 23.3 Å². The van der Waals surface area contributed by atoms with Gasteiger partial charge in [-0.25, -0.2) is 4.98 Å². The van der Waals surface area contributed by atoms with Gasteiger partial charge < -0.3 is 0 Å². The molecule has 0 aliphatic heterocycles. The van der Waals surface area contributed by atoms with Gasteiger partial charge in [0.05, 0.1) is 22.0 Å². The molecule has 0 atom stereocenters. The Morgan fingerprint density at radius 1 is 1.03 bits per heavy atom. The van der Waals surface area contributed by atoms with Gasteiger partial charge in [0.1, 0.15) is 0 Å². The van der Waals surface area contributed by atoms with E-state index in [1.807, 2.05) is 30.3 Å². The number of thiazole rings is 1. The van der Waals surface area contributed by atoms with Gasteiger partial charge in [-0.1, -0.05) is 63.7 Å². The molecule has 31 heavy (non-hydrogen) atoms. The average molecular weight is 504 g/mol. The largest absolute Gasteiger partial charge is 0.416 e. The summed E-state index contributed by atoms with van der Waals surface area (Å²) in [4.78, 5) is 17.6. The van der Waals surface area contributed by atoms with Crippen molar-refractivity contribution in [2.24, 2.45) is 5.10 Å².